The number of ether oxygens (including phenoxy) is 2. The summed E-state index contributed by atoms with van der Waals surface area (Å²) in [6.45, 7) is 5.47. The van der Waals surface area contributed by atoms with Crippen molar-refractivity contribution in [1.82, 2.24) is 9.21 Å². The van der Waals surface area contributed by atoms with Crippen molar-refractivity contribution < 1.29 is 22.7 Å². The number of rotatable bonds is 7. The molecule has 7 nitrogen and oxygen atoms in total. The van der Waals surface area contributed by atoms with Crippen LogP contribution in [0.25, 0.3) is 0 Å². The Bertz CT molecular complexity index is 812. The Hall–Kier alpha value is -1.64. The molecule has 8 heteroatoms. The molecule has 1 heterocycles. The maximum absolute atomic E-state index is 13.2. The molecule has 0 N–H and O–H groups in total. The quantitative estimate of drug-likeness (QED) is 0.672. The van der Waals surface area contributed by atoms with Crippen molar-refractivity contribution in [3.63, 3.8) is 0 Å². The molecule has 0 unspecified atom stereocenters. The van der Waals surface area contributed by atoms with Crippen LogP contribution in [0.4, 0.5) is 0 Å². The van der Waals surface area contributed by atoms with E-state index in [0.717, 1.165) is 25.7 Å². The normalized spacial score (nSPS) is 18.9. The zero-order chi connectivity index (χ0) is 21.0. The second-order valence-electron chi connectivity index (χ2n) is 8.01. The summed E-state index contributed by atoms with van der Waals surface area (Å²) in [5, 5.41) is 0. The van der Waals surface area contributed by atoms with Crippen LogP contribution >= 0.6 is 0 Å². The Kier molecular flexibility index (Phi) is 7.19. The van der Waals surface area contributed by atoms with Crippen LogP contribution in [-0.4, -0.2) is 69.0 Å². The van der Waals surface area contributed by atoms with Crippen LogP contribution in [-0.2, 0) is 26.0 Å². The molecule has 1 saturated heterocycles. The van der Waals surface area contributed by atoms with Gasteiger partial charge in [0.1, 0.15) is 10.6 Å². The molecule has 2 fully saturated rings. The second kappa shape index (κ2) is 9.45. The number of benzene rings is 1. The number of carbonyl (C=O) groups excluding carboxylic acids is 1. The summed E-state index contributed by atoms with van der Waals surface area (Å²) >= 11 is 0. The van der Waals surface area contributed by atoms with Gasteiger partial charge in [0.15, 0.2) is 0 Å². The topological polar surface area (TPSA) is 76.2 Å². The molecule has 1 aromatic carbocycles. The summed E-state index contributed by atoms with van der Waals surface area (Å²) < 4.78 is 38.3. The van der Waals surface area contributed by atoms with E-state index in [4.69, 9.17) is 9.47 Å². The Labute approximate surface area is 174 Å². The molecule has 1 aliphatic heterocycles. The Morgan fingerprint density at radius 3 is 2.48 bits per heavy atom. The maximum atomic E-state index is 13.2. The highest BCUT2D eigenvalue weighted by Crippen LogP contribution is 2.30. The van der Waals surface area contributed by atoms with E-state index in [1.54, 1.807) is 18.2 Å². The van der Waals surface area contributed by atoms with Crippen molar-refractivity contribution in [2.45, 2.75) is 62.9 Å². The average molecular weight is 425 g/mol. The number of hydrogen-bond acceptors (Lipinski definition) is 5. The summed E-state index contributed by atoms with van der Waals surface area (Å²) in [7, 11) is -2.25. The molecule has 1 saturated carbocycles. The number of carbonyl (C=O) groups is 1. The number of methoxy groups -OCH3 is 1. The minimum atomic E-state index is -3.71. The minimum Gasteiger partial charge on any atom is -0.495 e. The molecule has 0 radical (unpaired) electrons. The third kappa shape index (κ3) is 4.92. The third-order valence-corrected chi connectivity index (χ3v) is 7.65. The van der Waals surface area contributed by atoms with E-state index in [0.29, 0.717) is 37.6 Å². The zero-order valence-electron chi connectivity index (χ0n) is 17.6. The summed E-state index contributed by atoms with van der Waals surface area (Å²) in [5.74, 6) is 0.344. The van der Waals surface area contributed by atoms with E-state index in [-0.39, 0.29) is 29.3 Å². The van der Waals surface area contributed by atoms with Crippen LogP contribution in [0.2, 0.25) is 0 Å². The summed E-state index contributed by atoms with van der Waals surface area (Å²) in [4.78, 5) is 15.2. The van der Waals surface area contributed by atoms with E-state index in [1.165, 1.54) is 11.4 Å². The molecule has 0 aromatic heterocycles. The average Bonchev–Trinajstić information content (AvgIpc) is 3.22. The van der Waals surface area contributed by atoms with Crippen LogP contribution in [0.3, 0.4) is 0 Å². The lowest BCUT2D eigenvalue weighted by molar-refractivity contribution is -0.134. The minimum absolute atomic E-state index is 0.0480. The number of amides is 1. The largest absolute Gasteiger partial charge is 0.495 e. The Balaban J connectivity index is 1.85. The fraction of sp³-hybridized carbons (Fsp3) is 0.667. The highest BCUT2D eigenvalue weighted by molar-refractivity contribution is 7.89. The smallest absolute Gasteiger partial charge is 0.246 e. The first-order valence-electron chi connectivity index (χ1n) is 10.4. The van der Waals surface area contributed by atoms with Crippen molar-refractivity contribution in [3.05, 3.63) is 23.8 Å². The summed E-state index contributed by atoms with van der Waals surface area (Å²) in [6.07, 6.45) is 4.59. The van der Waals surface area contributed by atoms with Gasteiger partial charge in [0, 0.05) is 25.2 Å². The zero-order valence-corrected chi connectivity index (χ0v) is 18.4. The molecule has 0 spiro atoms. The highest BCUT2D eigenvalue weighted by atomic mass is 32.2. The van der Waals surface area contributed by atoms with Crippen LogP contribution in [0, 0.1) is 0 Å². The standard InChI is InChI=1S/C21H32N2O5S/c1-16(2)23(18-6-4-5-7-18)21(24)15-17-8-9-19(27-3)20(14-17)29(25,26)22-10-12-28-13-11-22/h8-9,14,16,18H,4-7,10-13,15H2,1-3H3. The number of sulfonamides is 1. The highest BCUT2D eigenvalue weighted by Gasteiger charge is 2.31. The van der Waals surface area contributed by atoms with E-state index < -0.39 is 10.0 Å². The first-order valence-corrected chi connectivity index (χ1v) is 11.8. The van der Waals surface area contributed by atoms with Crippen molar-refractivity contribution in [2.75, 3.05) is 33.4 Å². The van der Waals surface area contributed by atoms with Crippen molar-refractivity contribution in [1.29, 1.82) is 0 Å². The molecule has 162 valence electrons. The van der Waals surface area contributed by atoms with Crippen molar-refractivity contribution in [2.24, 2.45) is 0 Å². The maximum Gasteiger partial charge on any atom is 0.246 e. The van der Waals surface area contributed by atoms with Gasteiger partial charge in [-0.05, 0) is 44.4 Å². The van der Waals surface area contributed by atoms with Gasteiger partial charge in [-0.3, -0.25) is 4.79 Å². The van der Waals surface area contributed by atoms with Gasteiger partial charge in [-0.2, -0.15) is 4.31 Å². The van der Waals surface area contributed by atoms with Gasteiger partial charge in [0.2, 0.25) is 15.9 Å². The molecule has 1 aromatic rings. The lowest BCUT2D eigenvalue weighted by Crippen LogP contribution is -2.44. The predicted octanol–water partition coefficient (Wildman–Crippen LogP) is 2.44. The molecular formula is C21H32N2O5S. The van der Waals surface area contributed by atoms with E-state index >= 15 is 0 Å². The monoisotopic (exact) mass is 424 g/mol. The SMILES string of the molecule is COc1ccc(CC(=O)N(C(C)C)C2CCCC2)cc1S(=O)(=O)N1CCOCC1. The molecule has 1 aliphatic carbocycles. The van der Waals surface area contributed by atoms with Gasteiger partial charge in [-0.25, -0.2) is 8.42 Å². The Morgan fingerprint density at radius 1 is 1.24 bits per heavy atom. The molecule has 3 rings (SSSR count). The number of morpholine rings is 1. The molecule has 0 bridgehead atoms. The second-order valence-corrected chi connectivity index (χ2v) is 9.92. The van der Waals surface area contributed by atoms with Gasteiger partial charge in [-0.1, -0.05) is 18.9 Å². The molecule has 2 aliphatic rings. The van der Waals surface area contributed by atoms with Gasteiger partial charge in [0.25, 0.3) is 0 Å². The first kappa shape index (κ1) is 22.1. The van der Waals surface area contributed by atoms with E-state index in [9.17, 15) is 13.2 Å². The Morgan fingerprint density at radius 2 is 1.90 bits per heavy atom. The molecule has 29 heavy (non-hydrogen) atoms. The van der Waals surface area contributed by atoms with Crippen LogP contribution < -0.4 is 4.74 Å². The van der Waals surface area contributed by atoms with Crippen LogP contribution in [0.1, 0.15) is 45.1 Å². The first-order chi connectivity index (χ1) is 13.8. The van der Waals surface area contributed by atoms with Crippen LogP contribution in [0.15, 0.2) is 23.1 Å². The van der Waals surface area contributed by atoms with Crippen molar-refractivity contribution >= 4 is 15.9 Å². The van der Waals surface area contributed by atoms with Gasteiger partial charge in [-0.15, -0.1) is 0 Å². The van der Waals surface area contributed by atoms with E-state index in [1.807, 2.05) is 18.7 Å². The predicted molar refractivity (Wildman–Crippen MR) is 111 cm³/mol. The fourth-order valence-electron chi connectivity index (χ4n) is 4.32. The van der Waals surface area contributed by atoms with Gasteiger partial charge in [0.05, 0.1) is 26.7 Å². The van der Waals surface area contributed by atoms with Crippen molar-refractivity contribution in [3.8, 4) is 5.75 Å². The molecule has 1 amide bonds. The number of nitrogens with zero attached hydrogens (tertiary/aromatic N) is 2. The lowest BCUT2D eigenvalue weighted by atomic mass is 10.1. The van der Waals surface area contributed by atoms with Gasteiger partial charge < -0.3 is 14.4 Å². The van der Waals surface area contributed by atoms with Crippen LogP contribution in [0.5, 0.6) is 5.75 Å². The van der Waals surface area contributed by atoms with Gasteiger partial charge >= 0.3 is 0 Å². The third-order valence-electron chi connectivity index (χ3n) is 5.73. The lowest BCUT2D eigenvalue weighted by Gasteiger charge is -2.33. The summed E-state index contributed by atoms with van der Waals surface area (Å²) in [5.41, 5.74) is 0.686. The summed E-state index contributed by atoms with van der Waals surface area (Å²) in [6, 6.07) is 5.43. The molecular weight excluding hydrogens is 392 g/mol. The fourth-order valence-corrected chi connectivity index (χ4v) is 5.93. The molecule has 0 atom stereocenters. The number of hydrogen-bond donors (Lipinski definition) is 0. The van der Waals surface area contributed by atoms with E-state index in [2.05, 4.69) is 0 Å².